The lowest BCUT2D eigenvalue weighted by atomic mass is 9.62. The molecular formula is C22H40N2. The molecule has 0 radical (unpaired) electrons. The van der Waals surface area contributed by atoms with Crippen LogP contribution in [0.15, 0.2) is 0 Å². The molecule has 2 saturated heterocycles. The molecular weight excluding hydrogens is 292 g/mol. The molecule has 2 aliphatic carbocycles. The second-order valence-corrected chi connectivity index (χ2v) is 10.7. The Bertz CT molecular complexity index is 423. The predicted octanol–water partition coefficient (Wildman–Crippen LogP) is 4.79. The van der Waals surface area contributed by atoms with E-state index >= 15 is 0 Å². The molecule has 0 amide bonds. The van der Waals surface area contributed by atoms with Crippen LogP contribution in [0.4, 0.5) is 0 Å². The van der Waals surface area contributed by atoms with Crippen LogP contribution in [-0.2, 0) is 0 Å². The summed E-state index contributed by atoms with van der Waals surface area (Å²) in [5.74, 6) is 1.92. The predicted molar refractivity (Wildman–Crippen MR) is 102 cm³/mol. The fourth-order valence-corrected chi connectivity index (χ4v) is 6.39. The molecule has 2 aliphatic heterocycles. The first kappa shape index (κ1) is 17.3. The standard InChI is InChI=1S/C22H40N2/c1-17(2)19-5-9-21(10-6-19)15-24(16-21)20-7-11-22(12-8-20)13-23(14-22)18(3)4/h17-20H,5-16H2,1-4H3. The molecule has 4 aliphatic rings. The molecule has 2 spiro atoms. The summed E-state index contributed by atoms with van der Waals surface area (Å²) in [5, 5.41) is 0. The summed E-state index contributed by atoms with van der Waals surface area (Å²) in [7, 11) is 0. The van der Waals surface area contributed by atoms with Crippen LogP contribution in [0.1, 0.15) is 79.1 Å². The zero-order valence-corrected chi connectivity index (χ0v) is 16.7. The van der Waals surface area contributed by atoms with E-state index in [1.54, 1.807) is 0 Å². The minimum Gasteiger partial charge on any atom is -0.300 e. The Balaban J connectivity index is 1.21. The molecule has 2 heteroatoms. The van der Waals surface area contributed by atoms with Crippen LogP contribution in [0.2, 0.25) is 0 Å². The lowest BCUT2D eigenvalue weighted by molar-refractivity contribution is -0.103. The van der Waals surface area contributed by atoms with Crippen molar-refractivity contribution in [3.05, 3.63) is 0 Å². The van der Waals surface area contributed by atoms with Crippen molar-refractivity contribution in [1.29, 1.82) is 0 Å². The summed E-state index contributed by atoms with van der Waals surface area (Å²) in [5.41, 5.74) is 1.46. The average molecular weight is 333 g/mol. The van der Waals surface area contributed by atoms with Crippen LogP contribution in [-0.4, -0.2) is 48.1 Å². The number of hydrogen-bond donors (Lipinski definition) is 0. The van der Waals surface area contributed by atoms with E-state index in [-0.39, 0.29) is 0 Å². The Labute approximate surface area is 150 Å². The van der Waals surface area contributed by atoms with Gasteiger partial charge >= 0.3 is 0 Å². The van der Waals surface area contributed by atoms with Crippen molar-refractivity contribution >= 4 is 0 Å². The van der Waals surface area contributed by atoms with Gasteiger partial charge in [0.15, 0.2) is 0 Å². The molecule has 4 fully saturated rings. The van der Waals surface area contributed by atoms with Crippen molar-refractivity contribution < 1.29 is 0 Å². The molecule has 4 rings (SSSR count). The Kier molecular flexibility index (Phi) is 4.53. The molecule has 2 saturated carbocycles. The molecule has 2 heterocycles. The van der Waals surface area contributed by atoms with E-state index in [9.17, 15) is 0 Å². The van der Waals surface area contributed by atoms with Crippen molar-refractivity contribution in [1.82, 2.24) is 9.80 Å². The van der Waals surface area contributed by atoms with Gasteiger partial charge in [0, 0.05) is 38.3 Å². The summed E-state index contributed by atoms with van der Waals surface area (Å²) < 4.78 is 0. The van der Waals surface area contributed by atoms with Crippen LogP contribution in [0.25, 0.3) is 0 Å². The Morgan fingerprint density at radius 3 is 1.71 bits per heavy atom. The molecule has 0 aromatic heterocycles. The van der Waals surface area contributed by atoms with Crippen molar-refractivity contribution in [3.63, 3.8) is 0 Å². The first-order valence-corrected chi connectivity index (χ1v) is 10.9. The van der Waals surface area contributed by atoms with E-state index in [0.717, 1.165) is 34.7 Å². The van der Waals surface area contributed by atoms with Crippen LogP contribution in [0.5, 0.6) is 0 Å². The van der Waals surface area contributed by atoms with Gasteiger partial charge < -0.3 is 0 Å². The first-order valence-electron chi connectivity index (χ1n) is 10.9. The molecule has 0 aromatic carbocycles. The van der Waals surface area contributed by atoms with Crippen molar-refractivity contribution in [3.8, 4) is 0 Å². The Hall–Kier alpha value is -0.0800. The monoisotopic (exact) mass is 332 g/mol. The largest absolute Gasteiger partial charge is 0.300 e. The minimum absolute atomic E-state index is 0.721. The zero-order valence-electron chi connectivity index (χ0n) is 16.7. The minimum atomic E-state index is 0.721. The van der Waals surface area contributed by atoms with Crippen LogP contribution < -0.4 is 0 Å². The van der Waals surface area contributed by atoms with Gasteiger partial charge in [-0.25, -0.2) is 0 Å². The molecule has 0 N–H and O–H groups in total. The molecule has 0 atom stereocenters. The second-order valence-electron chi connectivity index (χ2n) is 10.7. The van der Waals surface area contributed by atoms with E-state index < -0.39 is 0 Å². The van der Waals surface area contributed by atoms with E-state index in [0.29, 0.717) is 0 Å². The summed E-state index contributed by atoms with van der Waals surface area (Å²) in [6, 6.07) is 1.68. The number of hydrogen-bond acceptors (Lipinski definition) is 2. The number of nitrogens with zero attached hydrogens (tertiary/aromatic N) is 2. The molecule has 0 bridgehead atoms. The summed E-state index contributed by atoms with van der Waals surface area (Å²) in [6.45, 7) is 15.2. The van der Waals surface area contributed by atoms with Crippen LogP contribution in [0, 0.1) is 22.7 Å². The lowest BCUT2D eigenvalue weighted by Gasteiger charge is -2.60. The highest BCUT2D eigenvalue weighted by molar-refractivity contribution is 5.04. The topological polar surface area (TPSA) is 6.48 Å². The van der Waals surface area contributed by atoms with Crippen molar-refractivity contribution in [2.75, 3.05) is 26.2 Å². The van der Waals surface area contributed by atoms with Crippen LogP contribution in [0.3, 0.4) is 0 Å². The van der Waals surface area contributed by atoms with Gasteiger partial charge in [0.25, 0.3) is 0 Å². The molecule has 0 aromatic rings. The van der Waals surface area contributed by atoms with Gasteiger partial charge in [-0.2, -0.15) is 0 Å². The highest BCUT2D eigenvalue weighted by Crippen LogP contribution is 2.51. The fourth-order valence-electron chi connectivity index (χ4n) is 6.39. The summed E-state index contributed by atoms with van der Waals surface area (Å²) in [6.07, 6.45) is 12.0. The normalized spacial score (nSPS) is 34.0. The van der Waals surface area contributed by atoms with E-state index in [1.165, 1.54) is 77.5 Å². The van der Waals surface area contributed by atoms with Crippen molar-refractivity contribution in [2.45, 2.75) is 91.1 Å². The van der Waals surface area contributed by atoms with E-state index in [1.807, 2.05) is 0 Å². The van der Waals surface area contributed by atoms with Gasteiger partial charge in [-0.15, -0.1) is 0 Å². The fraction of sp³-hybridized carbons (Fsp3) is 1.00. The quantitative estimate of drug-likeness (QED) is 0.733. The highest BCUT2D eigenvalue weighted by atomic mass is 15.3. The third-order valence-electron chi connectivity index (χ3n) is 8.45. The van der Waals surface area contributed by atoms with Gasteiger partial charge in [0.1, 0.15) is 0 Å². The zero-order chi connectivity index (χ0) is 16.9. The first-order chi connectivity index (χ1) is 11.4. The van der Waals surface area contributed by atoms with Crippen molar-refractivity contribution in [2.24, 2.45) is 22.7 Å². The highest BCUT2D eigenvalue weighted by Gasteiger charge is 2.50. The van der Waals surface area contributed by atoms with Gasteiger partial charge in [-0.3, -0.25) is 9.80 Å². The SMILES string of the molecule is CC(C)C1CCC2(CC1)CN(C1CCC3(CC1)CN(C(C)C)C3)C2. The van der Waals surface area contributed by atoms with Gasteiger partial charge in [0.2, 0.25) is 0 Å². The summed E-state index contributed by atoms with van der Waals surface area (Å²) >= 11 is 0. The smallest absolute Gasteiger partial charge is 0.00961 e. The lowest BCUT2D eigenvalue weighted by Crippen LogP contribution is -2.64. The van der Waals surface area contributed by atoms with Gasteiger partial charge in [-0.05, 0) is 87.9 Å². The Morgan fingerprint density at radius 1 is 0.708 bits per heavy atom. The summed E-state index contributed by atoms with van der Waals surface area (Å²) in [4.78, 5) is 5.55. The maximum atomic E-state index is 2.88. The second kappa shape index (κ2) is 6.27. The molecule has 2 nitrogen and oxygen atoms in total. The van der Waals surface area contributed by atoms with Crippen LogP contribution >= 0.6 is 0 Å². The molecule has 24 heavy (non-hydrogen) atoms. The van der Waals surface area contributed by atoms with E-state index in [2.05, 4.69) is 37.5 Å². The van der Waals surface area contributed by atoms with Gasteiger partial charge in [0.05, 0.1) is 0 Å². The third-order valence-corrected chi connectivity index (χ3v) is 8.45. The van der Waals surface area contributed by atoms with Gasteiger partial charge in [-0.1, -0.05) is 13.8 Å². The van der Waals surface area contributed by atoms with E-state index in [4.69, 9.17) is 0 Å². The number of rotatable bonds is 3. The number of likely N-dealkylation sites (tertiary alicyclic amines) is 2. The Morgan fingerprint density at radius 2 is 1.21 bits per heavy atom. The third kappa shape index (κ3) is 3.07. The average Bonchev–Trinajstić information content (AvgIpc) is 2.50. The molecule has 138 valence electrons. The maximum absolute atomic E-state index is 2.88. The maximum Gasteiger partial charge on any atom is 0.00961 e. The molecule has 0 unspecified atom stereocenters.